The molecule has 1 N–H and O–H groups in total. The SMILES string of the molecule is Cc1ccc(S(=O)(=O)N(Cl)c2ccc(N3CCN(C)CC3)cc2NS(C)(=O)=O)cc1. The van der Waals surface area contributed by atoms with Gasteiger partial charge in [0, 0.05) is 43.6 Å². The second-order valence-electron chi connectivity index (χ2n) is 7.40. The summed E-state index contributed by atoms with van der Waals surface area (Å²) < 4.78 is 52.8. The molecule has 2 aromatic rings. The predicted molar refractivity (Wildman–Crippen MR) is 121 cm³/mol. The number of hydrogen-bond donors (Lipinski definition) is 1. The lowest BCUT2D eigenvalue weighted by Gasteiger charge is -2.34. The molecule has 0 amide bonds. The maximum Gasteiger partial charge on any atom is 0.278 e. The Balaban J connectivity index is 2.01. The van der Waals surface area contributed by atoms with Gasteiger partial charge in [-0.3, -0.25) is 4.72 Å². The largest absolute Gasteiger partial charge is 0.369 e. The van der Waals surface area contributed by atoms with Crippen molar-refractivity contribution in [3.8, 4) is 0 Å². The number of sulfonamides is 2. The molecule has 0 saturated carbocycles. The standard InChI is InChI=1S/C19H25ClN4O4S2/c1-15-4-7-17(8-5-15)30(27,28)24(20)19-9-6-16(14-18(19)21-29(3,25)26)23-12-10-22(2)11-13-23/h4-9,14,21H,10-13H2,1-3H3. The van der Waals surface area contributed by atoms with Gasteiger partial charge in [0.1, 0.15) is 0 Å². The number of nitrogens with zero attached hydrogens (tertiary/aromatic N) is 3. The number of hydrogen-bond acceptors (Lipinski definition) is 6. The zero-order valence-electron chi connectivity index (χ0n) is 17.0. The van der Waals surface area contributed by atoms with E-state index in [1.807, 2.05) is 14.0 Å². The van der Waals surface area contributed by atoms with Crippen LogP contribution >= 0.6 is 11.8 Å². The van der Waals surface area contributed by atoms with Gasteiger partial charge in [-0.25, -0.2) is 8.42 Å². The van der Waals surface area contributed by atoms with Crippen LogP contribution in [0.15, 0.2) is 47.4 Å². The maximum absolute atomic E-state index is 13.0. The Bertz CT molecular complexity index is 1110. The van der Waals surface area contributed by atoms with Gasteiger partial charge in [0.05, 0.1) is 22.5 Å². The molecule has 0 unspecified atom stereocenters. The minimum Gasteiger partial charge on any atom is -0.369 e. The van der Waals surface area contributed by atoms with E-state index in [0.717, 1.165) is 43.7 Å². The number of likely N-dealkylation sites (N-methyl/N-ethyl adjacent to an activating group) is 1. The third-order valence-electron chi connectivity index (χ3n) is 4.86. The lowest BCUT2D eigenvalue weighted by Crippen LogP contribution is -2.44. The van der Waals surface area contributed by atoms with E-state index in [-0.39, 0.29) is 16.3 Å². The van der Waals surface area contributed by atoms with E-state index in [4.69, 9.17) is 11.8 Å². The topological polar surface area (TPSA) is 90.0 Å². The van der Waals surface area contributed by atoms with Gasteiger partial charge in [0.25, 0.3) is 10.0 Å². The molecule has 0 spiro atoms. The highest BCUT2D eigenvalue weighted by Gasteiger charge is 2.27. The molecule has 0 aromatic heterocycles. The highest BCUT2D eigenvalue weighted by molar-refractivity contribution is 7.94. The molecule has 1 fully saturated rings. The summed E-state index contributed by atoms with van der Waals surface area (Å²) in [7, 11) is -5.71. The zero-order valence-corrected chi connectivity index (χ0v) is 19.4. The van der Waals surface area contributed by atoms with Gasteiger partial charge in [-0.05, 0) is 44.3 Å². The van der Waals surface area contributed by atoms with Crippen molar-refractivity contribution < 1.29 is 16.8 Å². The Morgan fingerprint density at radius 1 is 0.967 bits per heavy atom. The van der Waals surface area contributed by atoms with Crippen molar-refractivity contribution >= 4 is 48.9 Å². The molecule has 164 valence electrons. The number of anilines is 3. The average molecular weight is 473 g/mol. The molecule has 0 bridgehead atoms. The molecule has 8 nitrogen and oxygen atoms in total. The van der Waals surface area contributed by atoms with Crippen molar-refractivity contribution in [1.29, 1.82) is 0 Å². The molecule has 0 aliphatic carbocycles. The molecule has 30 heavy (non-hydrogen) atoms. The van der Waals surface area contributed by atoms with Gasteiger partial charge in [-0.2, -0.15) is 12.2 Å². The second kappa shape index (κ2) is 8.62. The number of rotatable bonds is 6. The van der Waals surface area contributed by atoms with E-state index in [0.29, 0.717) is 3.82 Å². The minimum absolute atomic E-state index is 0.0107. The lowest BCUT2D eigenvalue weighted by molar-refractivity contribution is 0.313. The van der Waals surface area contributed by atoms with Crippen molar-refractivity contribution in [2.75, 3.05) is 52.9 Å². The average Bonchev–Trinajstić information content (AvgIpc) is 2.67. The number of benzene rings is 2. The second-order valence-corrected chi connectivity index (χ2v) is 11.5. The maximum atomic E-state index is 13.0. The number of nitrogens with one attached hydrogen (secondary N) is 1. The third-order valence-corrected chi connectivity index (χ3v) is 7.67. The van der Waals surface area contributed by atoms with Crippen molar-refractivity contribution in [2.24, 2.45) is 0 Å². The first-order valence-corrected chi connectivity index (χ1v) is 13.0. The van der Waals surface area contributed by atoms with Crippen molar-refractivity contribution in [3.05, 3.63) is 48.0 Å². The lowest BCUT2D eigenvalue weighted by atomic mass is 10.2. The van der Waals surface area contributed by atoms with Crippen LogP contribution in [0, 0.1) is 6.92 Å². The fourth-order valence-corrected chi connectivity index (χ4v) is 5.19. The highest BCUT2D eigenvalue weighted by atomic mass is 35.5. The molecule has 0 atom stereocenters. The van der Waals surface area contributed by atoms with Crippen molar-refractivity contribution in [1.82, 2.24) is 4.90 Å². The molecule has 3 rings (SSSR count). The molecule has 1 heterocycles. The summed E-state index contributed by atoms with van der Waals surface area (Å²) in [5, 5.41) is 0. The van der Waals surface area contributed by atoms with Crippen LogP contribution in [0.1, 0.15) is 5.56 Å². The summed E-state index contributed by atoms with van der Waals surface area (Å²) in [6.07, 6.45) is 1.01. The van der Waals surface area contributed by atoms with E-state index < -0.39 is 20.0 Å². The molecular formula is C19H25ClN4O4S2. The fourth-order valence-electron chi connectivity index (χ4n) is 3.15. The summed E-state index contributed by atoms with van der Waals surface area (Å²) >= 11 is 6.25. The van der Waals surface area contributed by atoms with E-state index in [1.165, 1.54) is 18.2 Å². The monoisotopic (exact) mass is 472 g/mol. The summed E-state index contributed by atoms with van der Waals surface area (Å²) in [6, 6.07) is 11.1. The third kappa shape index (κ3) is 5.18. The summed E-state index contributed by atoms with van der Waals surface area (Å²) in [6.45, 7) is 5.15. The van der Waals surface area contributed by atoms with Gasteiger partial charge in [0.2, 0.25) is 10.0 Å². The molecule has 0 radical (unpaired) electrons. The smallest absolute Gasteiger partial charge is 0.278 e. The van der Waals surface area contributed by atoms with Crippen molar-refractivity contribution in [2.45, 2.75) is 11.8 Å². The first kappa shape index (κ1) is 22.7. The van der Waals surface area contributed by atoms with Crippen LogP contribution in [-0.4, -0.2) is 61.2 Å². The number of halogens is 1. The van der Waals surface area contributed by atoms with Crippen LogP contribution in [0.3, 0.4) is 0 Å². The Hall–Kier alpha value is -2.01. The van der Waals surface area contributed by atoms with Crippen LogP contribution in [0.5, 0.6) is 0 Å². The summed E-state index contributed by atoms with van der Waals surface area (Å²) in [4.78, 5) is 4.33. The molecular weight excluding hydrogens is 448 g/mol. The molecule has 1 aliphatic rings. The van der Waals surface area contributed by atoms with E-state index in [2.05, 4.69) is 14.5 Å². The van der Waals surface area contributed by atoms with Gasteiger partial charge < -0.3 is 9.80 Å². The Kier molecular flexibility index (Phi) is 6.51. The Morgan fingerprint density at radius 3 is 2.13 bits per heavy atom. The number of aryl methyl sites for hydroxylation is 1. The van der Waals surface area contributed by atoms with Crippen LogP contribution < -0.4 is 13.4 Å². The van der Waals surface area contributed by atoms with E-state index >= 15 is 0 Å². The first-order valence-electron chi connectivity index (χ1n) is 9.30. The molecule has 1 saturated heterocycles. The molecule has 2 aromatic carbocycles. The fraction of sp³-hybridized carbons (Fsp3) is 0.368. The predicted octanol–water partition coefficient (Wildman–Crippen LogP) is 2.47. The van der Waals surface area contributed by atoms with Gasteiger partial charge in [-0.15, -0.1) is 0 Å². The molecule has 1 aliphatic heterocycles. The minimum atomic E-state index is -4.09. The van der Waals surface area contributed by atoms with Gasteiger partial charge >= 0.3 is 0 Å². The first-order chi connectivity index (χ1) is 14.0. The van der Waals surface area contributed by atoms with Gasteiger partial charge in [0.15, 0.2) is 0 Å². The van der Waals surface area contributed by atoms with Crippen LogP contribution in [0.4, 0.5) is 17.1 Å². The number of piperazine rings is 1. The van der Waals surface area contributed by atoms with Crippen molar-refractivity contribution in [3.63, 3.8) is 0 Å². The zero-order chi connectivity index (χ0) is 22.1. The van der Waals surface area contributed by atoms with Gasteiger partial charge in [-0.1, -0.05) is 17.7 Å². The van der Waals surface area contributed by atoms with Crippen LogP contribution in [0.25, 0.3) is 0 Å². The Labute approximate surface area is 183 Å². The highest BCUT2D eigenvalue weighted by Crippen LogP contribution is 2.36. The summed E-state index contributed by atoms with van der Waals surface area (Å²) in [5.74, 6) is 0. The quantitative estimate of drug-likeness (QED) is 0.649. The van der Waals surface area contributed by atoms with Crippen LogP contribution in [0.2, 0.25) is 0 Å². The van der Waals surface area contributed by atoms with Crippen LogP contribution in [-0.2, 0) is 20.0 Å². The molecule has 11 heteroatoms. The summed E-state index contributed by atoms with van der Waals surface area (Å²) in [5.41, 5.74) is 1.82. The van der Waals surface area contributed by atoms with E-state index in [1.54, 1.807) is 24.3 Å². The normalized spacial score (nSPS) is 15.8. The Morgan fingerprint density at radius 2 is 1.57 bits per heavy atom. The van der Waals surface area contributed by atoms with E-state index in [9.17, 15) is 16.8 Å².